The smallest absolute Gasteiger partial charge is 0.311 e. The van der Waals surface area contributed by atoms with Gasteiger partial charge in [-0.1, -0.05) is 48.5 Å². The Kier molecular flexibility index (Phi) is 5.81. The molecule has 2 saturated heterocycles. The van der Waals surface area contributed by atoms with E-state index in [1.54, 1.807) is 9.80 Å². The van der Waals surface area contributed by atoms with Gasteiger partial charge in [-0.3, -0.25) is 14.4 Å². The van der Waals surface area contributed by atoms with E-state index in [0.717, 1.165) is 16.7 Å². The van der Waals surface area contributed by atoms with Gasteiger partial charge in [0.25, 0.3) is 0 Å². The zero-order valence-electron chi connectivity index (χ0n) is 18.2. The molecule has 6 nitrogen and oxygen atoms in total. The minimum absolute atomic E-state index is 0.0391. The number of fused-ring (bicyclic) bond motifs is 1. The summed E-state index contributed by atoms with van der Waals surface area (Å²) in [6.07, 6.45) is 0.759. The fourth-order valence-corrected chi connectivity index (χ4v) is 4.85. The summed E-state index contributed by atoms with van der Waals surface area (Å²) in [5.74, 6) is -0.931. The number of aryl methyl sites for hydroxylation is 2. The normalized spacial score (nSPS) is 22.9. The first-order valence-corrected chi connectivity index (χ1v) is 10.7. The molecule has 162 valence electrons. The number of carbonyl (C=O) groups excluding carboxylic acids is 3. The van der Waals surface area contributed by atoms with E-state index < -0.39 is 5.92 Å². The lowest BCUT2D eigenvalue weighted by atomic mass is 9.93. The minimum Gasteiger partial charge on any atom is -0.469 e. The van der Waals surface area contributed by atoms with Crippen molar-refractivity contribution < 1.29 is 19.1 Å². The topological polar surface area (TPSA) is 66.9 Å². The lowest BCUT2D eigenvalue weighted by Gasteiger charge is -2.40. The highest BCUT2D eigenvalue weighted by atomic mass is 16.5. The molecular weight excluding hydrogens is 392 g/mol. The lowest BCUT2D eigenvalue weighted by molar-refractivity contribution is -0.150. The molecule has 2 aromatic rings. The molecule has 0 saturated carbocycles. The molecule has 0 unspecified atom stereocenters. The maximum absolute atomic E-state index is 13.2. The number of benzene rings is 2. The van der Waals surface area contributed by atoms with Crippen LogP contribution in [0.3, 0.4) is 0 Å². The summed E-state index contributed by atoms with van der Waals surface area (Å²) in [7, 11) is 1.38. The van der Waals surface area contributed by atoms with E-state index in [4.69, 9.17) is 4.74 Å². The zero-order chi connectivity index (χ0) is 22.1. The van der Waals surface area contributed by atoms with Gasteiger partial charge in [0.2, 0.25) is 11.8 Å². The second-order valence-electron chi connectivity index (χ2n) is 8.55. The number of amides is 2. The Morgan fingerprint density at radius 3 is 2.48 bits per heavy atom. The highest BCUT2D eigenvalue weighted by Crippen LogP contribution is 2.43. The first kappa shape index (κ1) is 21.1. The fourth-order valence-electron chi connectivity index (χ4n) is 4.85. The van der Waals surface area contributed by atoms with Gasteiger partial charge in [-0.05, 0) is 42.5 Å². The quantitative estimate of drug-likeness (QED) is 0.714. The van der Waals surface area contributed by atoms with Crippen molar-refractivity contribution in [2.45, 2.75) is 38.8 Å². The Labute approximate surface area is 182 Å². The van der Waals surface area contributed by atoms with Crippen molar-refractivity contribution in [1.29, 1.82) is 0 Å². The van der Waals surface area contributed by atoms with Gasteiger partial charge >= 0.3 is 5.97 Å². The Balaban J connectivity index is 1.54. The fraction of sp³-hybridized carbons (Fsp3) is 0.400. The van der Waals surface area contributed by atoms with Crippen LogP contribution >= 0.6 is 0 Å². The Morgan fingerprint density at radius 2 is 1.81 bits per heavy atom. The lowest BCUT2D eigenvalue weighted by Crippen LogP contribution is -2.56. The number of carbonyl (C=O) groups is 3. The SMILES string of the molecule is COC(=O)[C@H]1C[C@H]2CN(C(=O)Cc3ccc(C)c(C)c3)CC(=O)N2[C@H]1c1ccccc1. The molecule has 2 aliphatic rings. The molecule has 0 radical (unpaired) electrons. The Morgan fingerprint density at radius 1 is 1.06 bits per heavy atom. The van der Waals surface area contributed by atoms with Gasteiger partial charge in [0, 0.05) is 6.54 Å². The molecule has 2 fully saturated rings. The molecule has 31 heavy (non-hydrogen) atoms. The van der Waals surface area contributed by atoms with Gasteiger partial charge < -0.3 is 14.5 Å². The van der Waals surface area contributed by atoms with Crippen LogP contribution in [0, 0.1) is 19.8 Å². The largest absolute Gasteiger partial charge is 0.469 e. The van der Waals surface area contributed by atoms with Crippen LogP contribution in [-0.2, 0) is 25.5 Å². The van der Waals surface area contributed by atoms with E-state index in [1.165, 1.54) is 12.7 Å². The van der Waals surface area contributed by atoms with Gasteiger partial charge in [-0.15, -0.1) is 0 Å². The predicted molar refractivity (Wildman–Crippen MR) is 116 cm³/mol. The Bertz CT molecular complexity index is 1000. The summed E-state index contributed by atoms with van der Waals surface area (Å²) in [6, 6.07) is 15.1. The van der Waals surface area contributed by atoms with Gasteiger partial charge in [0.1, 0.15) is 0 Å². The van der Waals surface area contributed by atoms with Gasteiger partial charge in [-0.25, -0.2) is 0 Å². The van der Waals surface area contributed by atoms with Gasteiger partial charge in [0.05, 0.1) is 38.1 Å². The molecule has 0 aliphatic carbocycles. The van der Waals surface area contributed by atoms with Crippen molar-refractivity contribution in [3.05, 3.63) is 70.8 Å². The van der Waals surface area contributed by atoms with Crippen LogP contribution in [0.1, 0.15) is 34.7 Å². The predicted octanol–water partition coefficient (Wildman–Crippen LogP) is 2.82. The molecule has 4 rings (SSSR count). The molecule has 2 aliphatic heterocycles. The van der Waals surface area contributed by atoms with Crippen LogP contribution in [-0.4, -0.2) is 53.8 Å². The highest BCUT2D eigenvalue weighted by Gasteiger charge is 2.51. The molecule has 0 bridgehead atoms. The molecule has 3 atom stereocenters. The molecular formula is C25H28N2O4. The monoisotopic (exact) mass is 420 g/mol. The van der Waals surface area contributed by atoms with Crippen LogP contribution in [0.15, 0.2) is 48.5 Å². The second kappa shape index (κ2) is 8.53. The van der Waals surface area contributed by atoms with Crippen LogP contribution < -0.4 is 0 Å². The van der Waals surface area contributed by atoms with Crippen molar-refractivity contribution in [3.8, 4) is 0 Å². The number of rotatable bonds is 4. The van der Waals surface area contributed by atoms with Crippen molar-refractivity contribution in [2.75, 3.05) is 20.2 Å². The minimum atomic E-state index is -0.434. The van der Waals surface area contributed by atoms with Crippen molar-refractivity contribution in [2.24, 2.45) is 5.92 Å². The molecule has 2 heterocycles. The highest BCUT2D eigenvalue weighted by molar-refractivity contribution is 5.89. The number of methoxy groups -OCH3 is 1. The molecule has 0 spiro atoms. The van der Waals surface area contributed by atoms with Crippen LogP contribution in [0.25, 0.3) is 0 Å². The van der Waals surface area contributed by atoms with Crippen LogP contribution in [0.5, 0.6) is 0 Å². The van der Waals surface area contributed by atoms with E-state index in [0.29, 0.717) is 13.0 Å². The molecule has 6 heteroatoms. The summed E-state index contributed by atoms with van der Waals surface area (Å²) in [6.45, 7) is 4.55. The van der Waals surface area contributed by atoms with E-state index in [2.05, 4.69) is 0 Å². The van der Waals surface area contributed by atoms with E-state index in [-0.39, 0.29) is 42.8 Å². The average Bonchev–Trinajstić information content (AvgIpc) is 3.16. The summed E-state index contributed by atoms with van der Waals surface area (Å²) < 4.78 is 5.04. The van der Waals surface area contributed by atoms with E-state index >= 15 is 0 Å². The summed E-state index contributed by atoms with van der Waals surface area (Å²) in [5.41, 5.74) is 4.20. The van der Waals surface area contributed by atoms with Crippen molar-refractivity contribution in [1.82, 2.24) is 9.80 Å². The second-order valence-corrected chi connectivity index (χ2v) is 8.55. The van der Waals surface area contributed by atoms with Gasteiger partial charge in [0.15, 0.2) is 0 Å². The third-order valence-corrected chi connectivity index (χ3v) is 6.57. The number of esters is 1. The van der Waals surface area contributed by atoms with E-state index in [9.17, 15) is 14.4 Å². The van der Waals surface area contributed by atoms with Crippen molar-refractivity contribution in [3.63, 3.8) is 0 Å². The molecule has 0 N–H and O–H groups in total. The standard InChI is InChI=1S/C25H28N2O4/c1-16-9-10-18(11-17(16)2)12-22(28)26-14-20-13-21(25(30)31-3)24(27(20)23(29)15-26)19-7-5-4-6-8-19/h4-11,20-21,24H,12-15H2,1-3H3/t20-,21-,24-/m0/s1. The third-order valence-electron chi connectivity index (χ3n) is 6.57. The molecule has 2 amide bonds. The first-order chi connectivity index (χ1) is 14.9. The third kappa shape index (κ3) is 4.07. The molecule has 0 aromatic heterocycles. The number of hydrogen-bond acceptors (Lipinski definition) is 4. The summed E-state index contributed by atoms with van der Waals surface area (Å²) in [5, 5.41) is 0. The van der Waals surface area contributed by atoms with E-state index in [1.807, 2.05) is 62.4 Å². The average molecular weight is 421 g/mol. The number of piperazine rings is 1. The van der Waals surface area contributed by atoms with Crippen LogP contribution in [0.4, 0.5) is 0 Å². The maximum atomic E-state index is 13.2. The maximum Gasteiger partial charge on any atom is 0.311 e. The first-order valence-electron chi connectivity index (χ1n) is 10.7. The number of nitrogens with zero attached hydrogens (tertiary/aromatic N) is 2. The summed E-state index contributed by atoms with van der Waals surface area (Å²) in [4.78, 5) is 42.1. The Hall–Kier alpha value is -3.15. The van der Waals surface area contributed by atoms with Crippen molar-refractivity contribution >= 4 is 17.8 Å². The van der Waals surface area contributed by atoms with Crippen LogP contribution in [0.2, 0.25) is 0 Å². The van der Waals surface area contributed by atoms with Gasteiger partial charge in [-0.2, -0.15) is 0 Å². The number of ether oxygens (including phenoxy) is 1. The summed E-state index contributed by atoms with van der Waals surface area (Å²) >= 11 is 0. The zero-order valence-corrected chi connectivity index (χ0v) is 18.2. The molecule has 2 aromatic carbocycles. The number of hydrogen-bond donors (Lipinski definition) is 0.